The van der Waals surface area contributed by atoms with Crippen LogP contribution in [0.1, 0.15) is 0 Å². The quantitative estimate of drug-likeness (QED) is 0.0928. The van der Waals surface area contributed by atoms with Crippen molar-refractivity contribution in [2.24, 2.45) is 0 Å². The molecule has 0 saturated heterocycles. The van der Waals surface area contributed by atoms with Crippen molar-refractivity contribution in [1.82, 2.24) is 0 Å². The molecule has 3 unspecified atom stereocenters. The van der Waals surface area contributed by atoms with Crippen LogP contribution in [0.15, 0.2) is 0 Å². The van der Waals surface area contributed by atoms with Crippen LogP contribution in [-0.4, -0.2) is 101 Å². The van der Waals surface area contributed by atoms with Gasteiger partial charge in [0.05, 0.1) is 0 Å². The van der Waals surface area contributed by atoms with Crippen LogP contribution in [0.25, 0.3) is 0 Å². The van der Waals surface area contributed by atoms with Gasteiger partial charge in [0, 0.05) is 0 Å². The van der Waals surface area contributed by atoms with Gasteiger partial charge in [-0.2, -0.15) is 0 Å². The summed E-state index contributed by atoms with van der Waals surface area (Å²) >= 11 is 0. The van der Waals surface area contributed by atoms with Gasteiger partial charge in [-0.3, -0.25) is 31.7 Å². The zero-order chi connectivity index (χ0) is 28.7. The molecule has 0 aromatic heterocycles. The molecule has 0 aromatic rings. The van der Waals surface area contributed by atoms with Crippen LogP contribution in [0.3, 0.4) is 0 Å². The second-order valence-corrected chi connectivity index (χ2v) is 15.5. The Bertz CT molecular complexity index is 995. The first-order valence-electron chi connectivity index (χ1n) is 8.28. The second-order valence-electron chi connectivity index (χ2n) is 6.75. The summed E-state index contributed by atoms with van der Waals surface area (Å²) < 4.78 is 89.8. The van der Waals surface area contributed by atoms with E-state index in [2.05, 4.69) is 22.6 Å². The maximum Gasteiger partial charge on any atom is 0.470 e. The topological polar surface area (TPSA) is 391 Å². The minimum Gasteiger partial charge on any atom is -0.387 e. The Kier molecular flexibility index (Phi) is 11.3. The van der Waals surface area contributed by atoms with E-state index in [0.29, 0.717) is 0 Å². The van der Waals surface area contributed by atoms with Gasteiger partial charge >= 0.3 is 46.5 Å². The zero-order valence-corrected chi connectivity index (χ0v) is 22.1. The SMILES string of the molecule is O=P(O)(O)CP(=O)(O)OC1[C@@H](OP(=O)(O)O)[C@H](OP(=O)(O)O)C(O)[C@H](OP(=O)(O)O)[C@H]1OP(=O)(O)O. The molecule has 1 fully saturated rings. The van der Waals surface area contributed by atoms with Crippen molar-refractivity contribution in [2.75, 3.05) is 5.90 Å². The van der Waals surface area contributed by atoms with Crippen LogP contribution >= 0.6 is 46.5 Å². The van der Waals surface area contributed by atoms with Gasteiger partial charge in [-0.15, -0.1) is 0 Å². The molecule has 36 heavy (non-hydrogen) atoms. The molecule has 216 valence electrons. The minimum atomic E-state index is -5.94. The predicted octanol–water partition coefficient (Wildman–Crippen LogP) is -3.02. The van der Waals surface area contributed by atoms with Crippen molar-refractivity contribution in [3.8, 4) is 0 Å². The summed E-state index contributed by atoms with van der Waals surface area (Å²) in [6.07, 6.45) is -18.0. The molecule has 7 atom stereocenters. The van der Waals surface area contributed by atoms with Crippen LogP contribution in [0.4, 0.5) is 0 Å². The lowest BCUT2D eigenvalue weighted by Gasteiger charge is -2.47. The van der Waals surface area contributed by atoms with Crippen molar-refractivity contribution in [2.45, 2.75) is 36.6 Å². The van der Waals surface area contributed by atoms with E-state index >= 15 is 0 Å². The summed E-state index contributed by atoms with van der Waals surface area (Å²) in [6, 6.07) is 0. The minimum absolute atomic E-state index is 2.08. The van der Waals surface area contributed by atoms with E-state index in [1.165, 1.54) is 0 Å². The van der Waals surface area contributed by atoms with Gasteiger partial charge < -0.3 is 58.9 Å². The summed E-state index contributed by atoms with van der Waals surface area (Å²) in [4.78, 5) is 101. The highest BCUT2D eigenvalue weighted by molar-refractivity contribution is 7.70. The molecule has 23 nitrogen and oxygen atoms in total. The molecule has 0 radical (unpaired) electrons. The van der Waals surface area contributed by atoms with Gasteiger partial charge in [0.15, 0.2) is 5.90 Å². The summed E-state index contributed by atoms with van der Waals surface area (Å²) in [6.45, 7) is 0. The Hall–Kier alpha value is 0.700. The van der Waals surface area contributed by atoms with Crippen molar-refractivity contribution in [1.29, 1.82) is 0 Å². The summed E-state index contributed by atoms with van der Waals surface area (Å²) in [5.74, 6) is -2.08. The highest BCUT2D eigenvalue weighted by Crippen LogP contribution is 2.60. The molecule has 0 amide bonds. The number of hydrogen-bond donors (Lipinski definition) is 12. The molecule has 1 rings (SSSR count). The predicted molar refractivity (Wildman–Crippen MR) is 105 cm³/mol. The third-order valence-corrected chi connectivity index (χ3v) is 9.20. The number of aliphatic hydroxyl groups excluding tert-OH is 1. The molecule has 12 N–H and O–H groups in total. The van der Waals surface area contributed by atoms with Crippen LogP contribution in [-0.2, 0) is 50.0 Å². The molecule has 29 heteroatoms. The maximum absolute atomic E-state index is 12.3. The van der Waals surface area contributed by atoms with E-state index in [9.17, 15) is 37.4 Å². The van der Waals surface area contributed by atoms with Crippen molar-refractivity contribution < 1.29 is 109 Å². The first kappa shape index (κ1) is 34.7. The van der Waals surface area contributed by atoms with Crippen molar-refractivity contribution >= 4 is 46.5 Å². The van der Waals surface area contributed by atoms with Gasteiger partial charge in [-0.25, -0.2) is 18.3 Å². The highest BCUT2D eigenvalue weighted by Gasteiger charge is 2.61. The maximum atomic E-state index is 12.3. The number of phosphoric ester groups is 4. The first-order chi connectivity index (χ1) is 15.6. The number of aliphatic hydroxyl groups is 1. The second kappa shape index (κ2) is 11.7. The summed E-state index contributed by atoms with van der Waals surface area (Å²) in [5.41, 5.74) is 0. The fraction of sp³-hybridized carbons (Fsp3) is 1.00. The van der Waals surface area contributed by atoms with E-state index < -0.39 is 89.0 Å². The molecule has 0 bridgehead atoms. The number of hydrogen-bond acceptors (Lipinski definition) is 12. The lowest BCUT2D eigenvalue weighted by molar-refractivity contribution is -0.203. The van der Waals surface area contributed by atoms with E-state index in [-0.39, 0.29) is 0 Å². The Morgan fingerprint density at radius 2 is 0.694 bits per heavy atom. The largest absolute Gasteiger partial charge is 0.470 e. The summed E-state index contributed by atoms with van der Waals surface area (Å²) in [5, 5.41) is 10.4. The van der Waals surface area contributed by atoms with E-state index in [4.69, 9.17) is 48.9 Å². The van der Waals surface area contributed by atoms with Gasteiger partial charge in [-0.1, -0.05) is 0 Å². The molecule has 0 aliphatic heterocycles. The van der Waals surface area contributed by atoms with E-state index in [0.717, 1.165) is 0 Å². The highest BCUT2D eigenvalue weighted by atomic mass is 31.2. The lowest BCUT2D eigenvalue weighted by Crippen LogP contribution is -2.66. The molecule has 1 aliphatic carbocycles. The van der Waals surface area contributed by atoms with Crippen molar-refractivity contribution in [3.05, 3.63) is 0 Å². The van der Waals surface area contributed by atoms with Crippen LogP contribution in [0.5, 0.6) is 0 Å². The van der Waals surface area contributed by atoms with Gasteiger partial charge in [-0.05, 0) is 0 Å². The molecular formula is C7H20O23P6. The van der Waals surface area contributed by atoms with Crippen LogP contribution in [0, 0.1) is 0 Å². The fourth-order valence-corrected chi connectivity index (χ4v) is 7.82. The summed E-state index contributed by atoms with van der Waals surface area (Å²) in [7, 11) is -34.9. The Morgan fingerprint density at radius 1 is 0.444 bits per heavy atom. The lowest BCUT2D eigenvalue weighted by atomic mass is 9.85. The molecule has 0 heterocycles. The number of phosphoric acid groups is 4. The van der Waals surface area contributed by atoms with Crippen molar-refractivity contribution in [3.63, 3.8) is 0 Å². The van der Waals surface area contributed by atoms with Gasteiger partial charge in [0.1, 0.15) is 36.6 Å². The monoisotopic (exact) mass is 658 g/mol. The fourth-order valence-electron chi connectivity index (χ4n) is 2.83. The molecule has 1 saturated carbocycles. The number of rotatable bonds is 12. The van der Waals surface area contributed by atoms with Crippen LogP contribution < -0.4 is 0 Å². The zero-order valence-electron chi connectivity index (χ0n) is 16.7. The third kappa shape index (κ3) is 12.7. The third-order valence-electron chi connectivity index (χ3n) is 3.65. The molecular weight excluding hydrogens is 638 g/mol. The van der Waals surface area contributed by atoms with Gasteiger partial charge in [0.2, 0.25) is 0 Å². The smallest absolute Gasteiger partial charge is 0.387 e. The normalized spacial score (nSPS) is 30.7. The first-order valence-corrected chi connectivity index (χ1v) is 18.0. The Labute approximate surface area is 198 Å². The van der Waals surface area contributed by atoms with E-state index in [1.807, 2.05) is 0 Å². The Morgan fingerprint density at radius 3 is 0.944 bits per heavy atom. The molecule has 0 spiro atoms. The average Bonchev–Trinajstić information content (AvgIpc) is 2.51. The van der Waals surface area contributed by atoms with Gasteiger partial charge in [0.25, 0.3) is 0 Å². The average molecular weight is 658 g/mol. The molecule has 1 aliphatic rings. The Balaban J connectivity index is 3.87. The van der Waals surface area contributed by atoms with E-state index in [1.54, 1.807) is 0 Å². The molecule has 0 aromatic carbocycles. The van der Waals surface area contributed by atoms with Crippen LogP contribution in [0.2, 0.25) is 0 Å². The standard InChI is InChI=1S/C7H20O23P6/c8-2-3(27-33(14,15)16)5(29-35(20,21)22)7(26-32(12,13)1-31(9,10)11)6(30-36(23,24)25)4(2)28-34(17,18)19/h2-8H,1H2,(H,12,13)(H2,9,10,11)(H2,14,15,16)(H2,17,18,19)(H2,20,21,22)(H2,23,24,25)/t2?,3-,4+,5+,6-,7?.